The molecular formula is C16H21F3N2O. The average molecular weight is 314 g/mol. The largest absolute Gasteiger partial charge is 0.399 e. The molecular weight excluding hydrogens is 293 g/mol. The number of rotatable bonds is 7. The maximum atomic E-state index is 12.4. The predicted molar refractivity (Wildman–Crippen MR) is 79.2 cm³/mol. The molecule has 0 aromatic heterocycles. The second-order valence-electron chi connectivity index (χ2n) is 5.85. The van der Waals surface area contributed by atoms with E-state index in [-0.39, 0.29) is 18.9 Å². The van der Waals surface area contributed by atoms with Crippen molar-refractivity contribution in [3.8, 4) is 0 Å². The Morgan fingerprint density at radius 2 is 1.95 bits per heavy atom. The van der Waals surface area contributed by atoms with Gasteiger partial charge in [-0.25, -0.2) is 0 Å². The van der Waals surface area contributed by atoms with Gasteiger partial charge in [0.25, 0.3) is 0 Å². The lowest BCUT2D eigenvalue weighted by atomic mass is 10.1. The van der Waals surface area contributed by atoms with Gasteiger partial charge in [0.05, 0.1) is 6.42 Å². The summed E-state index contributed by atoms with van der Waals surface area (Å²) in [6.07, 6.45) is -2.52. The zero-order chi connectivity index (χ0) is 16.2. The quantitative estimate of drug-likeness (QED) is 0.784. The van der Waals surface area contributed by atoms with E-state index in [1.54, 1.807) is 6.07 Å². The molecule has 1 amide bonds. The van der Waals surface area contributed by atoms with E-state index >= 15 is 0 Å². The molecule has 1 fully saturated rings. The molecule has 0 bridgehead atoms. The lowest BCUT2D eigenvalue weighted by Crippen LogP contribution is -2.36. The Labute approximate surface area is 128 Å². The standard InChI is InChI=1S/C16H21F3N2O/c17-16(18,19)9-10-21(11-12-5-6-12)15(22)8-7-13-3-1-2-4-14(13)20/h1-4,12H,5-11,20H2. The number of aryl methyl sites for hydroxylation is 1. The predicted octanol–water partition coefficient (Wildman–Crippen LogP) is 3.39. The van der Waals surface area contributed by atoms with Gasteiger partial charge in [0.1, 0.15) is 0 Å². The van der Waals surface area contributed by atoms with Gasteiger partial charge < -0.3 is 10.6 Å². The summed E-state index contributed by atoms with van der Waals surface area (Å²) in [6, 6.07) is 7.24. The molecule has 6 heteroatoms. The summed E-state index contributed by atoms with van der Waals surface area (Å²) in [7, 11) is 0. The van der Waals surface area contributed by atoms with Crippen LogP contribution in [0.25, 0.3) is 0 Å². The number of nitrogens with two attached hydrogens (primary N) is 1. The zero-order valence-electron chi connectivity index (χ0n) is 12.4. The number of anilines is 1. The summed E-state index contributed by atoms with van der Waals surface area (Å²) < 4.78 is 37.1. The number of hydrogen-bond donors (Lipinski definition) is 1. The third-order valence-corrected chi connectivity index (χ3v) is 3.86. The highest BCUT2D eigenvalue weighted by Crippen LogP contribution is 2.30. The molecule has 122 valence electrons. The van der Waals surface area contributed by atoms with Crippen molar-refractivity contribution in [1.82, 2.24) is 4.90 Å². The van der Waals surface area contributed by atoms with Crippen LogP contribution in [0.1, 0.15) is 31.2 Å². The van der Waals surface area contributed by atoms with E-state index in [1.165, 1.54) is 4.90 Å². The van der Waals surface area contributed by atoms with Crippen LogP contribution in [0.3, 0.4) is 0 Å². The van der Waals surface area contributed by atoms with Crippen molar-refractivity contribution < 1.29 is 18.0 Å². The number of hydrogen-bond acceptors (Lipinski definition) is 2. The van der Waals surface area contributed by atoms with Crippen molar-refractivity contribution in [1.29, 1.82) is 0 Å². The van der Waals surface area contributed by atoms with E-state index in [0.717, 1.165) is 18.4 Å². The SMILES string of the molecule is Nc1ccccc1CCC(=O)N(CCC(F)(F)F)CC1CC1. The van der Waals surface area contributed by atoms with Crippen LogP contribution >= 0.6 is 0 Å². The van der Waals surface area contributed by atoms with E-state index in [9.17, 15) is 18.0 Å². The number of benzene rings is 1. The lowest BCUT2D eigenvalue weighted by molar-refractivity contribution is -0.145. The Bertz CT molecular complexity index is 512. The van der Waals surface area contributed by atoms with Crippen molar-refractivity contribution in [2.75, 3.05) is 18.8 Å². The third kappa shape index (κ3) is 5.58. The highest BCUT2D eigenvalue weighted by Gasteiger charge is 2.31. The fraction of sp³-hybridized carbons (Fsp3) is 0.562. The number of alkyl halides is 3. The van der Waals surface area contributed by atoms with Crippen molar-refractivity contribution in [3.05, 3.63) is 29.8 Å². The van der Waals surface area contributed by atoms with Crippen LogP contribution in [0.15, 0.2) is 24.3 Å². The van der Waals surface area contributed by atoms with E-state index in [0.29, 0.717) is 24.6 Å². The van der Waals surface area contributed by atoms with Crippen LogP contribution in [0.5, 0.6) is 0 Å². The van der Waals surface area contributed by atoms with Crippen molar-refractivity contribution >= 4 is 11.6 Å². The average Bonchev–Trinajstić information content (AvgIpc) is 3.25. The molecule has 0 unspecified atom stereocenters. The minimum Gasteiger partial charge on any atom is -0.399 e. The van der Waals surface area contributed by atoms with Gasteiger partial charge in [-0.1, -0.05) is 18.2 Å². The van der Waals surface area contributed by atoms with Gasteiger partial charge in [0, 0.05) is 25.2 Å². The van der Waals surface area contributed by atoms with Gasteiger partial charge in [-0.05, 0) is 36.8 Å². The summed E-state index contributed by atoms with van der Waals surface area (Å²) in [5.41, 5.74) is 7.29. The molecule has 1 aliphatic carbocycles. The molecule has 0 saturated heterocycles. The van der Waals surface area contributed by atoms with Crippen LogP contribution in [-0.4, -0.2) is 30.1 Å². The number of para-hydroxylation sites is 1. The van der Waals surface area contributed by atoms with E-state index in [4.69, 9.17) is 5.73 Å². The molecule has 0 atom stereocenters. The molecule has 22 heavy (non-hydrogen) atoms. The second kappa shape index (κ2) is 7.03. The Balaban J connectivity index is 1.88. The van der Waals surface area contributed by atoms with E-state index in [1.807, 2.05) is 18.2 Å². The van der Waals surface area contributed by atoms with Crippen LogP contribution in [-0.2, 0) is 11.2 Å². The molecule has 0 heterocycles. The van der Waals surface area contributed by atoms with Gasteiger partial charge in [0.2, 0.25) is 5.91 Å². The lowest BCUT2D eigenvalue weighted by Gasteiger charge is -2.23. The van der Waals surface area contributed by atoms with Crippen LogP contribution < -0.4 is 5.73 Å². The Morgan fingerprint density at radius 1 is 1.27 bits per heavy atom. The number of nitrogen functional groups attached to an aromatic ring is 1. The van der Waals surface area contributed by atoms with E-state index < -0.39 is 12.6 Å². The first-order chi connectivity index (χ1) is 10.3. The first kappa shape index (κ1) is 16.6. The zero-order valence-corrected chi connectivity index (χ0v) is 12.4. The van der Waals surface area contributed by atoms with Gasteiger partial charge in [-0.15, -0.1) is 0 Å². The molecule has 0 aliphatic heterocycles. The van der Waals surface area contributed by atoms with Crippen LogP contribution in [0.2, 0.25) is 0 Å². The normalized spacial score (nSPS) is 14.9. The first-order valence-electron chi connectivity index (χ1n) is 7.53. The maximum Gasteiger partial charge on any atom is 0.390 e. The molecule has 0 radical (unpaired) electrons. The first-order valence-corrected chi connectivity index (χ1v) is 7.53. The number of carbonyl (C=O) groups excluding carboxylic acids is 1. The molecule has 0 spiro atoms. The maximum absolute atomic E-state index is 12.4. The van der Waals surface area contributed by atoms with Gasteiger partial charge in [-0.2, -0.15) is 13.2 Å². The summed E-state index contributed by atoms with van der Waals surface area (Å²) in [4.78, 5) is 13.6. The number of halogens is 3. The summed E-state index contributed by atoms with van der Waals surface area (Å²) in [5.74, 6) is 0.151. The van der Waals surface area contributed by atoms with Crippen LogP contribution in [0.4, 0.5) is 18.9 Å². The monoisotopic (exact) mass is 314 g/mol. The third-order valence-electron chi connectivity index (χ3n) is 3.86. The van der Waals surface area contributed by atoms with Gasteiger partial charge in [-0.3, -0.25) is 4.79 Å². The molecule has 1 saturated carbocycles. The van der Waals surface area contributed by atoms with Crippen molar-refractivity contribution in [2.24, 2.45) is 5.92 Å². The Morgan fingerprint density at radius 3 is 2.55 bits per heavy atom. The number of amides is 1. The number of carbonyl (C=O) groups is 1. The van der Waals surface area contributed by atoms with Crippen LogP contribution in [0, 0.1) is 5.92 Å². The van der Waals surface area contributed by atoms with Gasteiger partial charge in [0.15, 0.2) is 0 Å². The Kier molecular flexibility index (Phi) is 5.32. The number of nitrogens with zero attached hydrogens (tertiary/aromatic N) is 1. The highest BCUT2D eigenvalue weighted by molar-refractivity contribution is 5.76. The summed E-state index contributed by atoms with van der Waals surface area (Å²) in [6.45, 7) is 0.197. The molecule has 1 aromatic rings. The fourth-order valence-corrected chi connectivity index (χ4v) is 2.35. The van der Waals surface area contributed by atoms with Gasteiger partial charge >= 0.3 is 6.18 Å². The summed E-state index contributed by atoms with van der Waals surface area (Å²) in [5, 5.41) is 0. The fourth-order valence-electron chi connectivity index (χ4n) is 2.35. The molecule has 2 rings (SSSR count). The minimum absolute atomic E-state index is 0.193. The smallest absolute Gasteiger partial charge is 0.390 e. The molecule has 1 aliphatic rings. The summed E-state index contributed by atoms with van der Waals surface area (Å²) >= 11 is 0. The molecule has 1 aromatic carbocycles. The second-order valence-corrected chi connectivity index (χ2v) is 5.85. The molecule has 3 nitrogen and oxygen atoms in total. The van der Waals surface area contributed by atoms with Crippen molar-refractivity contribution in [3.63, 3.8) is 0 Å². The highest BCUT2D eigenvalue weighted by atomic mass is 19.4. The topological polar surface area (TPSA) is 46.3 Å². The Hall–Kier alpha value is -1.72. The van der Waals surface area contributed by atoms with E-state index in [2.05, 4.69) is 0 Å². The molecule has 2 N–H and O–H groups in total. The van der Waals surface area contributed by atoms with Crippen molar-refractivity contribution in [2.45, 2.75) is 38.3 Å². The minimum atomic E-state index is -4.23.